The molecule has 3 nitrogen and oxygen atoms in total. The van der Waals surface area contributed by atoms with Crippen molar-refractivity contribution >= 4 is 11.7 Å². The second-order valence-corrected chi connectivity index (χ2v) is 6.57. The molecule has 1 aromatic rings. The zero-order valence-electron chi connectivity index (χ0n) is 13.0. The van der Waals surface area contributed by atoms with Gasteiger partial charge in [0.2, 0.25) is 0 Å². The molecule has 1 fully saturated rings. The summed E-state index contributed by atoms with van der Waals surface area (Å²) >= 11 is 0. The van der Waals surface area contributed by atoms with Crippen LogP contribution in [0.2, 0.25) is 0 Å². The summed E-state index contributed by atoms with van der Waals surface area (Å²) < 4.78 is 4.83. The van der Waals surface area contributed by atoms with E-state index < -0.39 is 0 Å². The number of hydrogen-bond donors (Lipinski definition) is 1. The number of rotatable bonds is 3. The highest BCUT2D eigenvalue weighted by Gasteiger charge is 2.28. The highest BCUT2D eigenvalue weighted by atomic mass is 16.5. The van der Waals surface area contributed by atoms with E-state index in [1.54, 1.807) is 0 Å². The summed E-state index contributed by atoms with van der Waals surface area (Å²) in [5.41, 5.74) is 3.08. The number of esters is 1. The number of methoxy groups -OCH3 is 1. The molecule has 0 amide bonds. The van der Waals surface area contributed by atoms with E-state index in [-0.39, 0.29) is 5.97 Å². The number of benzene rings is 1. The standard InChI is InChI=1S/C17H25NO2/c1-12-14(16(19)20-4)8-5-9-15(12)18-13-7-6-10-17(2,3)11-13/h5,8-9,13,18H,6-7,10-11H2,1-4H3. The summed E-state index contributed by atoms with van der Waals surface area (Å²) in [5, 5.41) is 3.62. The second-order valence-electron chi connectivity index (χ2n) is 6.57. The van der Waals surface area contributed by atoms with E-state index in [1.807, 2.05) is 25.1 Å². The lowest BCUT2D eigenvalue weighted by molar-refractivity contribution is 0.0600. The van der Waals surface area contributed by atoms with Gasteiger partial charge in [-0.3, -0.25) is 0 Å². The normalized spacial score (nSPS) is 21.3. The monoisotopic (exact) mass is 275 g/mol. The Morgan fingerprint density at radius 2 is 2.15 bits per heavy atom. The van der Waals surface area contributed by atoms with Gasteiger partial charge in [0, 0.05) is 11.7 Å². The SMILES string of the molecule is COC(=O)c1cccc(NC2CCCC(C)(C)C2)c1C. The van der Waals surface area contributed by atoms with Crippen molar-refractivity contribution in [3.63, 3.8) is 0 Å². The van der Waals surface area contributed by atoms with Crippen LogP contribution in [0.4, 0.5) is 5.69 Å². The fourth-order valence-corrected chi connectivity index (χ4v) is 3.16. The number of carbonyl (C=O) groups is 1. The maximum Gasteiger partial charge on any atom is 0.338 e. The molecular weight excluding hydrogens is 250 g/mol. The summed E-state index contributed by atoms with van der Waals surface area (Å²) in [6.45, 7) is 6.64. The van der Waals surface area contributed by atoms with Gasteiger partial charge >= 0.3 is 5.97 Å². The third-order valence-corrected chi connectivity index (χ3v) is 4.30. The predicted molar refractivity (Wildman–Crippen MR) is 82.2 cm³/mol. The van der Waals surface area contributed by atoms with E-state index in [2.05, 4.69) is 19.2 Å². The molecule has 2 rings (SSSR count). The van der Waals surface area contributed by atoms with Crippen LogP contribution in [-0.2, 0) is 4.74 Å². The molecule has 0 heterocycles. The van der Waals surface area contributed by atoms with Crippen LogP contribution in [0.25, 0.3) is 0 Å². The van der Waals surface area contributed by atoms with E-state index in [1.165, 1.54) is 32.8 Å². The smallest absolute Gasteiger partial charge is 0.338 e. The number of ether oxygens (including phenoxy) is 1. The number of nitrogens with one attached hydrogen (secondary N) is 1. The van der Waals surface area contributed by atoms with Gasteiger partial charge in [-0.15, -0.1) is 0 Å². The Morgan fingerprint density at radius 1 is 1.40 bits per heavy atom. The van der Waals surface area contributed by atoms with Crippen molar-refractivity contribution in [3.05, 3.63) is 29.3 Å². The molecule has 20 heavy (non-hydrogen) atoms. The average Bonchev–Trinajstić information content (AvgIpc) is 2.39. The van der Waals surface area contributed by atoms with E-state index in [0.717, 1.165) is 11.3 Å². The van der Waals surface area contributed by atoms with E-state index in [0.29, 0.717) is 17.0 Å². The first-order valence-corrected chi connectivity index (χ1v) is 7.37. The fourth-order valence-electron chi connectivity index (χ4n) is 3.16. The Hall–Kier alpha value is -1.51. The first kappa shape index (κ1) is 14.9. The molecule has 0 radical (unpaired) electrons. The van der Waals surface area contributed by atoms with Crippen molar-refractivity contribution in [3.8, 4) is 0 Å². The Bertz CT molecular complexity index is 494. The highest BCUT2D eigenvalue weighted by molar-refractivity contribution is 5.92. The molecule has 1 atom stereocenters. The minimum absolute atomic E-state index is 0.268. The van der Waals surface area contributed by atoms with Crippen molar-refractivity contribution < 1.29 is 9.53 Å². The molecule has 3 heteroatoms. The third kappa shape index (κ3) is 3.33. The summed E-state index contributed by atoms with van der Waals surface area (Å²) in [7, 11) is 1.42. The van der Waals surface area contributed by atoms with Crippen molar-refractivity contribution in [2.45, 2.75) is 52.5 Å². The third-order valence-electron chi connectivity index (χ3n) is 4.30. The van der Waals surface area contributed by atoms with Gasteiger partial charge in [-0.05, 0) is 49.3 Å². The predicted octanol–water partition coefficient (Wildman–Crippen LogP) is 4.16. The van der Waals surface area contributed by atoms with Crippen molar-refractivity contribution in [1.29, 1.82) is 0 Å². The van der Waals surface area contributed by atoms with Crippen molar-refractivity contribution in [2.75, 3.05) is 12.4 Å². The number of carbonyl (C=O) groups excluding carboxylic acids is 1. The van der Waals surface area contributed by atoms with E-state index in [9.17, 15) is 4.79 Å². The van der Waals surface area contributed by atoms with Crippen molar-refractivity contribution in [2.24, 2.45) is 5.41 Å². The van der Waals surface area contributed by atoms with Crippen LogP contribution in [0.3, 0.4) is 0 Å². The van der Waals surface area contributed by atoms with Gasteiger partial charge in [0.15, 0.2) is 0 Å². The van der Waals surface area contributed by atoms with E-state index >= 15 is 0 Å². The zero-order valence-corrected chi connectivity index (χ0v) is 13.0. The van der Waals surface area contributed by atoms with Gasteiger partial charge in [0.25, 0.3) is 0 Å². The van der Waals surface area contributed by atoms with Gasteiger partial charge in [0.1, 0.15) is 0 Å². The van der Waals surface area contributed by atoms with Crippen molar-refractivity contribution in [1.82, 2.24) is 0 Å². The Kier molecular flexibility index (Phi) is 4.36. The lowest BCUT2D eigenvalue weighted by Crippen LogP contribution is -2.32. The minimum Gasteiger partial charge on any atom is -0.465 e. The van der Waals surface area contributed by atoms with Crippen LogP contribution < -0.4 is 5.32 Å². The fraction of sp³-hybridized carbons (Fsp3) is 0.588. The topological polar surface area (TPSA) is 38.3 Å². The van der Waals surface area contributed by atoms with Gasteiger partial charge in [-0.25, -0.2) is 4.79 Å². The number of hydrogen-bond acceptors (Lipinski definition) is 3. The molecule has 0 saturated heterocycles. The lowest BCUT2D eigenvalue weighted by Gasteiger charge is -2.36. The van der Waals surface area contributed by atoms with Gasteiger partial charge in [-0.1, -0.05) is 26.3 Å². The molecule has 1 saturated carbocycles. The van der Waals surface area contributed by atoms with Gasteiger partial charge in [0.05, 0.1) is 12.7 Å². The largest absolute Gasteiger partial charge is 0.465 e. The van der Waals surface area contributed by atoms with Crippen LogP contribution >= 0.6 is 0 Å². The first-order valence-electron chi connectivity index (χ1n) is 7.37. The molecule has 0 aromatic heterocycles. The Labute approximate surface area is 121 Å². The molecule has 1 aromatic carbocycles. The van der Waals surface area contributed by atoms with Crippen LogP contribution in [0.5, 0.6) is 0 Å². The summed E-state index contributed by atoms with van der Waals surface area (Å²) in [6, 6.07) is 6.26. The quantitative estimate of drug-likeness (QED) is 0.842. The molecule has 1 N–H and O–H groups in total. The lowest BCUT2D eigenvalue weighted by atomic mass is 9.75. The highest BCUT2D eigenvalue weighted by Crippen LogP contribution is 2.36. The molecular formula is C17H25NO2. The van der Waals surface area contributed by atoms with Gasteiger partial charge < -0.3 is 10.1 Å². The summed E-state index contributed by atoms with van der Waals surface area (Å²) in [6.07, 6.45) is 4.94. The van der Waals surface area contributed by atoms with Crippen LogP contribution in [0, 0.1) is 12.3 Å². The molecule has 1 aliphatic carbocycles. The first-order chi connectivity index (χ1) is 9.43. The minimum atomic E-state index is -0.268. The Balaban J connectivity index is 2.15. The summed E-state index contributed by atoms with van der Waals surface area (Å²) in [4.78, 5) is 11.7. The molecule has 1 aliphatic rings. The van der Waals surface area contributed by atoms with Crippen LogP contribution in [0.15, 0.2) is 18.2 Å². The molecule has 0 bridgehead atoms. The molecule has 110 valence electrons. The molecule has 0 spiro atoms. The van der Waals surface area contributed by atoms with Crippen LogP contribution in [0.1, 0.15) is 55.5 Å². The van der Waals surface area contributed by atoms with Crippen LogP contribution in [-0.4, -0.2) is 19.1 Å². The Morgan fingerprint density at radius 3 is 2.80 bits per heavy atom. The second kappa shape index (κ2) is 5.86. The molecule has 1 unspecified atom stereocenters. The maximum absolute atomic E-state index is 11.7. The van der Waals surface area contributed by atoms with Gasteiger partial charge in [-0.2, -0.15) is 0 Å². The average molecular weight is 275 g/mol. The van der Waals surface area contributed by atoms with E-state index in [4.69, 9.17) is 4.74 Å². The maximum atomic E-state index is 11.7. The number of anilines is 1. The summed E-state index contributed by atoms with van der Waals surface area (Å²) in [5.74, 6) is -0.268. The molecule has 0 aliphatic heterocycles. The zero-order chi connectivity index (χ0) is 14.8.